The molecule has 0 radical (unpaired) electrons. The molecule has 162 valence electrons. The van der Waals surface area contributed by atoms with Crippen molar-refractivity contribution in [1.29, 1.82) is 0 Å². The number of pyridine rings is 4. The summed E-state index contributed by atoms with van der Waals surface area (Å²) in [7, 11) is 9.53. The summed E-state index contributed by atoms with van der Waals surface area (Å²) in [6.07, 6.45) is 6.59. The van der Waals surface area contributed by atoms with Crippen molar-refractivity contribution in [3.8, 4) is 22.8 Å². The second-order valence-corrected chi connectivity index (χ2v) is 7.77. The van der Waals surface area contributed by atoms with Gasteiger partial charge in [-0.3, -0.25) is 19.9 Å². The number of hydrogen-bond donors (Lipinski definition) is 4. The van der Waals surface area contributed by atoms with Gasteiger partial charge in [0.2, 0.25) is 0 Å². The van der Waals surface area contributed by atoms with Crippen LogP contribution in [0.25, 0.3) is 22.8 Å². The third-order valence-corrected chi connectivity index (χ3v) is 3.66. The second-order valence-electron chi connectivity index (χ2n) is 5.95. The van der Waals surface area contributed by atoms with E-state index in [2.05, 4.69) is 19.9 Å². The Balaban J connectivity index is 0.000000196. The van der Waals surface area contributed by atoms with Gasteiger partial charge in [-0.2, -0.15) is 0 Å². The Bertz CT molecular complexity index is 940. The molecule has 4 heterocycles. The minimum atomic E-state index is 0.194. The molecule has 4 rings (SSSR count). The number of nitrogens with zero attached hydrogens (tertiary/aromatic N) is 4. The topological polar surface area (TPSA) is 156 Å². The maximum atomic E-state index is 5.63. The Hall–Kier alpha value is -3.10. The van der Waals surface area contributed by atoms with Gasteiger partial charge in [0.1, 0.15) is 0 Å². The molecule has 0 saturated carbocycles. The van der Waals surface area contributed by atoms with Crippen molar-refractivity contribution in [3.05, 3.63) is 73.3 Å². The number of hydrogen-bond acceptors (Lipinski definition) is 8. The fourth-order valence-electron chi connectivity index (χ4n) is 2.35. The van der Waals surface area contributed by atoms with Crippen molar-refractivity contribution >= 4 is 42.9 Å². The fraction of sp³-hybridized carbons (Fsp3) is 0. The molecule has 31 heavy (non-hydrogen) atoms. The van der Waals surface area contributed by atoms with Gasteiger partial charge in [0.15, 0.2) is 0 Å². The average Bonchev–Trinajstić information content (AvgIpc) is 2.75. The standard InChI is InChI=1S/2C10H10N4.2ClH.Fe/c2*11-7-1-3-13-9(5-7)10-6-8(12)2-4-14-10;;;/h2*1-6H,(H2,11,13)(H2,12,14);2*1H;/q;;;;+2/p-2. The number of nitrogens with two attached hydrogens (primary N) is 4. The van der Waals surface area contributed by atoms with Crippen LogP contribution in [0.15, 0.2) is 73.3 Å². The molecule has 0 spiro atoms. The quantitative estimate of drug-likeness (QED) is 0.302. The first-order valence-electron chi connectivity index (χ1n) is 8.65. The zero-order chi connectivity index (χ0) is 22.6. The van der Waals surface area contributed by atoms with E-state index in [-0.39, 0.29) is 13.1 Å². The van der Waals surface area contributed by atoms with Crippen LogP contribution in [0.1, 0.15) is 0 Å². The molecular formula is C20H20Cl2FeN8. The van der Waals surface area contributed by atoms with Crippen LogP contribution >= 0.6 is 20.2 Å². The van der Waals surface area contributed by atoms with Crippen LogP contribution in [0.5, 0.6) is 0 Å². The Kier molecular flexibility index (Phi) is 9.79. The molecule has 0 aliphatic heterocycles. The van der Waals surface area contributed by atoms with Gasteiger partial charge in [0.25, 0.3) is 0 Å². The summed E-state index contributed by atoms with van der Waals surface area (Å²) in [5, 5.41) is 0. The van der Waals surface area contributed by atoms with E-state index >= 15 is 0 Å². The van der Waals surface area contributed by atoms with Gasteiger partial charge in [0.05, 0.1) is 22.8 Å². The SMILES string of the molecule is Nc1ccnc(-c2cc(N)ccn2)c1.Nc1ccnc(-c2cc(N)ccn2)c1.[Cl][Fe][Cl]. The average molecular weight is 499 g/mol. The van der Waals surface area contributed by atoms with Crippen molar-refractivity contribution in [2.45, 2.75) is 0 Å². The molecule has 0 amide bonds. The van der Waals surface area contributed by atoms with E-state index in [1.165, 1.54) is 0 Å². The van der Waals surface area contributed by atoms with Gasteiger partial charge in [-0.25, -0.2) is 0 Å². The van der Waals surface area contributed by atoms with Crippen LogP contribution in [-0.2, 0) is 13.1 Å². The number of aromatic nitrogens is 4. The molecule has 0 aliphatic carbocycles. The molecule has 0 aromatic carbocycles. The Morgan fingerprint density at radius 2 is 0.677 bits per heavy atom. The molecule has 4 aromatic rings. The number of anilines is 4. The monoisotopic (exact) mass is 498 g/mol. The molecule has 0 saturated heterocycles. The van der Waals surface area contributed by atoms with Crippen LogP contribution in [0.2, 0.25) is 0 Å². The molecule has 0 bridgehead atoms. The molecule has 11 heteroatoms. The van der Waals surface area contributed by atoms with E-state index in [1.807, 2.05) is 0 Å². The van der Waals surface area contributed by atoms with E-state index in [0.717, 1.165) is 22.8 Å². The molecule has 8 N–H and O–H groups in total. The van der Waals surface area contributed by atoms with Crippen LogP contribution in [0.4, 0.5) is 22.7 Å². The van der Waals surface area contributed by atoms with Crippen molar-refractivity contribution < 1.29 is 13.1 Å². The molecule has 0 aliphatic rings. The summed E-state index contributed by atoms with van der Waals surface area (Å²) in [5.41, 5.74) is 28.1. The predicted octanol–water partition coefficient (Wildman–Crippen LogP) is 3.99. The zero-order valence-corrected chi connectivity index (χ0v) is 18.8. The van der Waals surface area contributed by atoms with E-state index in [4.69, 9.17) is 43.1 Å². The zero-order valence-electron chi connectivity index (χ0n) is 16.1. The molecule has 0 atom stereocenters. The molecule has 0 unspecified atom stereocenters. The van der Waals surface area contributed by atoms with Gasteiger partial charge < -0.3 is 22.9 Å². The van der Waals surface area contributed by atoms with Gasteiger partial charge >= 0.3 is 33.3 Å². The van der Waals surface area contributed by atoms with Gasteiger partial charge in [-0.1, -0.05) is 0 Å². The number of rotatable bonds is 2. The normalized spacial score (nSPS) is 9.74. The first kappa shape index (κ1) is 24.2. The molecular weight excluding hydrogens is 479 g/mol. The molecule has 4 aromatic heterocycles. The van der Waals surface area contributed by atoms with Gasteiger partial charge in [0, 0.05) is 47.5 Å². The third-order valence-electron chi connectivity index (χ3n) is 3.66. The maximum absolute atomic E-state index is 5.63. The summed E-state index contributed by atoms with van der Waals surface area (Å²) >= 11 is 0.194. The number of halogens is 2. The first-order valence-corrected chi connectivity index (χ1v) is 11.7. The van der Waals surface area contributed by atoms with Crippen molar-refractivity contribution in [2.24, 2.45) is 0 Å². The van der Waals surface area contributed by atoms with Crippen LogP contribution in [0.3, 0.4) is 0 Å². The molecule has 0 fully saturated rings. The van der Waals surface area contributed by atoms with Crippen LogP contribution in [-0.4, -0.2) is 19.9 Å². The predicted molar refractivity (Wildman–Crippen MR) is 124 cm³/mol. The minimum absolute atomic E-state index is 0.194. The Morgan fingerprint density at radius 3 is 0.839 bits per heavy atom. The Labute approximate surface area is 194 Å². The van der Waals surface area contributed by atoms with Crippen molar-refractivity contribution in [2.75, 3.05) is 22.9 Å². The van der Waals surface area contributed by atoms with Gasteiger partial charge in [-0.15, -0.1) is 0 Å². The van der Waals surface area contributed by atoms with Crippen molar-refractivity contribution in [3.63, 3.8) is 0 Å². The van der Waals surface area contributed by atoms with E-state index < -0.39 is 0 Å². The summed E-state index contributed by atoms with van der Waals surface area (Å²) in [6, 6.07) is 14.0. The second kappa shape index (κ2) is 12.6. The summed E-state index contributed by atoms with van der Waals surface area (Å²) < 4.78 is 0. The van der Waals surface area contributed by atoms with E-state index in [9.17, 15) is 0 Å². The summed E-state index contributed by atoms with van der Waals surface area (Å²) in [4.78, 5) is 16.6. The van der Waals surface area contributed by atoms with Crippen molar-refractivity contribution in [1.82, 2.24) is 19.9 Å². The molecule has 8 nitrogen and oxygen atoms in total. The van der Waals surface area contributed by atoms with Crippen LogP contribution in [0, 0.1) is 0 Å². The summed E-state index contributed by atoms with van der Waals surface area (Å²) in [5.74, 6) is 0. The summed E-state index contributed by atoms with van der Waals surface area (Å²) in [6.45, 7) is 0. The Morgan fingerprint density at radius 1 is 0.484 bits per heavy atom. The third kappa shape index (κ3) is 8.27. The van der Waals surface area contributed by atoms with Gasteiger partial charge in [-0.05, 0) is 48.5 Å². The van der Waals surface area contributed by atoms with E-state index in [0.29, 0.717) is 22.7 Å². The number of nitrogen functional groups attached to an aromatic ring is 4. The first-order chi connectivity index (χ1) is 14.9. The van der Waals surface area contributed by atoms with Crippen LogP contribution < -0.4 is 22.9 Å². The van der Waals surface area contributed by atoms with E-state index in [1.54, 1.807) is 73.3 Å². The fourth-order valence-corrected chi connectivity index (χ4v) is 2.35.